The maximum Gasteiger partial charge on any atom is 0.324 e. The second-order valence-corrected chi connectivity index (χ2v) is 7.16. The number of thiophene rings is 1. The van der Waals surface area contributed by atoms with Gasteiger partial charge in [-0.2, -0.15) is 4.72 Å². The first-order valence-electron chi connectivity index (χ1n) is 6.09. The highest BCUT2D eigenvalue weighted by Gasteiger charge is 2.29. The zero-order chi connectivity index (χ0) is 16.0. The normalized spacial score (nSPS) is 12.7. The van der Waals surface area contributed by atoms with Crippen molar-refractivity contribution in [3.05, 3.63) is 17.0 Å². The first-order chi connectivity index (χ1) is 9.83. The fraction of sp³-hybridized carbons (Fsp3) is 0.500. The molecule has 0 aromatic carbocycles. The Hall–Kier alpha value is -1.45. The van der Waals surface area contributed by atoms with E-state index in [0.29, 0.717) is 6.42 Å². The number of hydrogen-bond acceptors (Lipinski definition) is 7. The van der Waals surface area contributed by atoms with Crippen LogP contribution in [0.15, 0.2) is 16.3 Å². The lowest BCUT2D eigenvalue weighted by Gasteiger charge is -2.14. The Balaban J connectivity index is 2.95. The summed E-state index contributed by atoms with van der Waals surface area (Å²) >= 11 is 1.11. The lowest BCUT2D eigenvalue weighted by atomic mass is 10.2. The van der Waals surface area contributed by atoms with E-state index < -0.39 is 34.4 Å². The third kappa shape index (κ3) is 4.80. The van der Waals surface area contributed by atoms with Crippen LogP contribution in [0.5, 0.6) is 0 Å². The number of carbonyl (C=O) groups is 2. The minimum Gasteiger partial charge on any atom is -0.469 e. The SMILES string of the molecule is CCc1ccc(S(=O)(=O)NC(CC(=O)OC)C(=O)OC)s1. The van der Waals surface area contributed by atoms with Gasteiger partial charge in [-0.25, -0.2) is 8.42 Å². The number of rotatable bonds is 7. The largest absolute Gasteiger partial charge is 0.469 e. The standard InChI is InChI=1S/C12H17NO6S2/c1-4-8-5-6-11(20-8)21(16,17)13-9(12(15)19-3)7-10(14)18-2/h5-6,9,13H,4,7H2,1-3H3. The summed E-state index contributed by atoms with van der Waals surface area (Å²) in [4.78, 5) is 23.7. The predicted octanol–water partition coefficient (Wildman–Crippen LogP) is 0.693. The zero-order valence-corrected chi connectivity index (χ0v) is 13.5. The summed E-state index contributed by atoms with van der Waals surface area (Å²) in [6, 6.07) is 1.84. The van der Waals surface area contributed by atoms with Gasteiger partial charge in [0.05, 0.1) is 20.6 Å². The Morgan fingerprint density at radius 3 is 2.43 bits per heavy atom. The van der Waals surface area contributed by atoms with Crippen LogP contribution in [0.4, 0.5) is 0 Å². The quantitative estimate of drug-likeness (QED) is 0.736. The Bertz CT molecular complexity index is 607. The molecule has 1 unspecified atom stereocenters. The molecule has 21 heavy (non-hydrogen) atoms. The minimum absolute atomic E-state index is 0.0816. The highest BCUT2D eigenvalue weighted by Crippen LogP contribution is 2.22. The van der Waals surface area contributed by atoms with Crippen molar-refractivity contribution in [1.82, 2.24) is 4.72 Å². The summed E-state index contributed by atoms with van der Waals surface area (Å²) in [5.41, 5.74) is 0. The van der Waals surface area contributed by atoms with Crippen LogP contribution >= 0.6 is 11.3 Å². The molecule has 118 valence electrons. The summed E-state index contributed by atoms with van der Waals surface area (Å²) in [7, 11) is -1.63. The maximum atomic E-state index is 12.2. The summed E-state index contributed by atoms with van der Waals surface area (Å²) in [6.07, 6.45) is 0.275. The third-order valence-corrected chi connectivity index (χ3v) is 5.82. The average Bonchev–Trinajstić information content (AvgIpc) is 2.95. The van der Waals surface area contributed by atoms with Crippen molar-refractivity contribution in [2.75, 3.05) is 14.2 Å². The molecule has 0 radical (unpaired) electrons. The number of esters is 2. The van der Waals surface area contributed by atoms with Gasteiger partial charge in [-0.1, -0.05) is 6.92 Å². The number of aryl methyl sites for hydroxylation is 1. The summed E-state index contributed by atoms with van der Waals surface area (Å²) in [5, 5.41) is 0. The molecule has 1 heterocycles. The van der Waals surface area contributed by atoms with Crippen molar-refractivity contribution in [2.45, 2.75) is 30.0 Å². The molecule has 0 fully saturated rings. The summed E-state index contributed by atoms with van der Waals surface area (Å²) in [6.45, 7) is 1.91. The zero-order valence-electron chi connectivity index (χ0n) is 11.9. The topological polar surface area (TPSA) is 98.8 Å². The van der Waals surface area contributed by atoms with Crippen LogP contribution in [0.2, 0.25) is 0 Å². The second kappa shape index (κ2) is 7.53. The van der Waals surface area contributed by atoms with E-state index >= 15 is 0 Å². The molecule has 0 aliphatic heterocycles. The van der Waals surface area contributed by atoms with Crippen molar-refractivity contribution < 1.29 is 27.5 Å². The van der Waals surface area contributed by atoms with Gasteiger partial charge in [-0.05, 0) is 18.6 Å². The van der Waals surface area contributed by atoms with Crippen molar-refractivity contribution >= 4 is 33.3 Å². The van der Waals surface area contributed by atoms with Gasteiger partial charge in [-0.3, -0.25) is 9.59 Å². The van der Waals surface area contributed by atoms with Gasteiger partial charge in [0.15, 0.2) is 0 Å². The van der Waals surface area contributed by atoms with E-state index in [2.05, 4.69) is 14.2 Å². The van der Waals surface area contributed by atoms with Gasteiger partial charge in [0.25, 0.3) is 10.0 Å². The van der Waals surface area contributed by atoms with Gasteiger partial charge >= 0.3 is 11.9 Å². The van der Waals surface area contributed by atoms with E-state index in [1.807, 2.05) is 6.92 Å². The molecule has 0 amide bonds. The van der Waals surface area contributed by atoms with Crippen LogP contribution in [0.25, 0.3) is 0 Å². The van der Waals surface area contributed by atoms with Crippen LogP contribution in [0.1, 0.15) is 18.2 Å². The average molecular weight is 335 g/mol. The Labute approximate surface area is 127 Å². The molecular formula is C12H17NO6S2. The number of carbonyl (C=O) groups excluding carboxylic acids is 2. The van der Waals surface area contributed by atoms with E-state index in [9.17, 15) is 18.0 Å². The van der Waals surface area contributed by atoms with Gasteiger partial charge < -0.3 is 9.47 Å². The number of nitrogens with one attached hydrogen (secondary N) is 1. The fourth-order valence-corrected chi connectivity index (χ4v) is 4.00. The molecule has 0 saturated carbocycles. The van der Waals surface area contributed by atoms with Crippen LogP contribution in [-0.4, -0.2) is 40.6 Å². The van der Waals surface area contributed by atoms with E-state index in [-0.39, 0.29) is 4.21 Å². The van der Waals surface area contributed by atoms with Crippen molar-refractivity contribution in [1.29, 1.82) is 0 Å². The number of sulfonamides is 1. The molecule has 0 spiro atoms. The predicted molar refractivity (Wildman–Crippen MR) is 76.5 cm³/mol. The monoisotopic (exact) mass is 335 g/mol. The molecule has 1 aromatic rings. The third-order valence-electron chi connectivity index (χ3n) is 2.63. The molecule has 0 aliphatic rings. The van der Waals surface area contributed by atoms with Gasteiger partial charge in [0.1, 0.15) is 10.3 Å². The number of hydrogen-bond donors (Lipinski definition) is 1. The highest BCUT2D eigenvalue weighted by molar-refractivity contribution is 7.91. The van der Waals surface area contributed by atoms with Crippen LogP contribution in [0.3, 0.4) is 0 Å². The Kier molecular flexibility index (Phi) is 6.31. The summed E-state index contributed by atoms with van der Waals surface area (Å²) in [5.74, 6) is -1.57. The first kappa shape index (κ1) is 17.6. The lowest BCUT2D eigenvalue weighted by molar-refractivity contribution is -0.149. The Morgan fingerprint density at radius 2 is 1.95 bits per heavy atom. The first-order valence-corrected chi connectivity index (χ1v) is 8.39. The van der Waals surface area contributed by atoms with E-state index in [4.69, 9.17) is 0 Å². The maximum absolute atomic E-state index is 12.2. The molecule has 1 atom stereocenters. The molecular weight excluding hydrogens is 318 g/mol. The molecule has 1 rings (SSSR count). The molecule has 0 saturated heterocycles. The molecule has 1 aromatic heterocycles. The molecule has 1 N–H and O–H groups in total. The van der Waals surface area contributed by atoms with Crippen LogP contribution in [-0.2, 0) is 35.5 Å². The van der Waals surface area contributed by atoms with E-state index in [0.717, 1.165) is 30.4 Å². The molecule has 7 nitrogen and oxygen atoms in total. The lowest BCUT2D eigenvalue weighted by Crippen LogP contribution is -2.42. The van der Waals surface area contributed by atoms with Crippen LogP contribution in [0, 0.1) is 0 Å². The second-order valence-electron chi connectivity index (χ2n) is 4.05. The van der Waals surface area contributed by atoms with Gasteiger partial charge in [0, 0.05) is 4.88 Å². The fourth-order valence-electron chi connectivity index (χ4n) is 1.50. The molecule has 0 aliphatic carbocycles. The number of methoxy groups -OCH3 is 2. The van der Waals surface area contributed by atoms with Crippen molar-refractivity contribution in [3.8, 4) is 0 Å². The van der Waals surface area contributed by atoms with Crippen molar-refractivity contribution in [3.63, 3.8) is 0 Å². The smallest absolute Gasteiger partial charge is 0.324 e. The number of ether oxygens (including phenoxy) is 2. The summed E-state index contributed by atoms with van der Waals surface area (Å²) < 4.78 is 35.6. The highest BCUT2D eigenvalue weighted by atomic mass is 32.2. The van der Waals surface area contributed by atoms with Gasteiger partial charge in [-0.15, -0.1) is 11.3 Å². The van der Waals surface area contributed by atoms with E-state index in [1.165, 1.54) is 6.07 Å². The Morgan fingerprint density at radius 1 is 1.29 bits per heavy atom. The molecule has 9 heteroatoms. The minimum atomic E-state index is -3.90. The van der Waals surface area contributed by atoms with Crippen molar-refractivity contribution in [2.24, 2.45) is 0 Å². The van der Waals surface area contributed by atoms with Crippen LogP contribution < -0.4 is 4.72 Å². The van der Waals surface area contributed by atoms with Gasteiger partial charge in [0.2, 0.25) is 0 Å². The molecule has 0 bridgehead atoms. The van der Waals surface area contributed by atoms with E-state index in [1.54, 1.807) is 6.07 Å².